The van der Waals surface area contributed by atoms with Crippen LogP contribution in [0.5, 0.6) is 0 Å². The van der Waals surface area contributed by atoms with Crippen molar-refractivity contribution in [3.8, 4) is 0 Å². The lowest BCUT2D eigenvalue weighted by Gasteiger charge is -2.42. The summed E-state index contributed by atoms with van der Waals surface area (Å²) < 4.78 is 11.7. The summed E-state index contributed by atoms with van der Waals surface area (Å²) in [6.07, 6.45) is 2.05. The Labute approximate surface area is 193 Å². The first-order valence-electron chi connectivity index (χ1n) is 11.1. The molecule has 1 atom stereocenters. The highest BCUT2D eigenvalue weighted by molar-refractivity contribution is 6.30. The normalized spacial score (nSPS) is 25.3. The van der Waals surface area contributed by atoms with Crippen molar-refractivity contribution in [1.82, 2.24) is 4.90 Å². The molecule has 0 unspecified atom stereocenters. The van der Waals surface area contributed by atoms with Crippen LogP contribution >= 0.6 is 11.6 Å². The van der Waals surface area contributed by atoms with Crippen LogP contribution in [0.3, 0.4) is 0 Å². The van der Waals surface area contributed by atoms with Gasteiger partial charge in [0.1, 0.15) is 12.2 Å². The van der Waals surface area contributed by atoms with Gasteiger partial charge in [-0.1, -0.05) is 48.0 Å². The van der Waals surface area contributed by atoms with Crippen LogP contribution in [0.1, 0.15) is 24.8 Å². The van der Waals surface area contributed by atoms with Crippen molar-refractivity contribution < 1.29 is 19.1 Å². The van der Waals surface area contributed by atoms with E-state index in [4.69, 9.17) is 21.1 Å². The van der Waals surface area contributed by atoms with Gasteiger partial charge in [0.2, 0.25) is 5.91 Å². The van der Waals surface area contributed by atoms with E-state index in [1.165, 1.54) is 0 Å². The number of hydrogen-bond acceptors (Lipinski definition) is 4. The molecule has 2 amide bonds. The molecule has 0 aromatic heterocycles. The molecule has 3 heterocycles. The molecule has 0 N–H and O–H groups in total. The number of ether oxygens (including phenoxy) is 2. The highest BCUT2D eigenvalue weighted by atomic mass is 35.5. The quantitative estimate of drug-likeness (QED) is 0.713. The molecule has 1 spiro atoms. The molecule has 3 saturated heterocycles. The monoisotopic (exact) mass is 454 g/mol. The third-order valence-corrected chi connectivity index (χ3v) is 7.29. The molecule has 0 saturated carbocycles. The van der Waals surface area contributed by atoms with E-state index in [-0.39, 0.29) is 18.4 Å². The van der Waals surface area contributed by atoms with E-state index in [0.717, 1.165) is 11.3 Å². The van der Waals surface area contributed by atoms with Gasteiger partial charge in [0.05, 0.1) is 18.5 Å². The first-order valence-corrected chi connectivity index (χ1v) is 11.5. The number of benzene rings is 2. The second-order valence-corrected chi connectivity index (χ2v) is 9.41. The summed E-state index contributed by atoms with van der Waals surface area (Å²) in [6, 6.07) is 17.4. The van der Waals surface area contributed by atoms with Crippen LogP contribution in [0, 0.1) is 0 Å². The maximum atomic E-state index is 13.9. The van der Waals surface area contributed by atoms with Crippen LogP contribution in [0.25, 0.3) is 0 Å². The minimum Gasteiger partial charge on any atom is -0.381 e. The van der Waals surface area contributed by atoms with Crippen molar-refractivity contribution in [3.63, 3.8) is 0 Å². The van der Waals surface area contributed by atoms with Gasteiger partial charge in [-0.05, 0) is 43.0 Å². The van der Waals surface area contributed by atoms with Crippen molar-refractivity contribution in [2.75, 3.05) is 44.4 Å². The maximum absolute atomic E-state index is 13.9. The minimum atomic E-state index is -0.567. The Hall–Kier alpha value is -2.41. The number of morpholine rings is 1. The van der Waals surface area contributed by atoms with Gasteiger partial charge < -0.3 is 19.3 Å². The number of halogens is 1. The topological polar surface area (TPSA) is 59.1 Å². The van der Waals surface area contributed by atoms with E-state index in [1.807, 2.05) is 47.4 Å². The van der Waals surface area contributed by atoms with Crippen molar-refractivity contribution in [2.24, 2.45) is 0 Å². The number of likely N-dealkylation sites (tertiary alicyclic amines) is 1. The smallest absolute Gasteiger partial charge is 0.253 e. The average molecular weight is 455 g/mol. The van der Waals surface area contributed by atoms with Crippen molar-refractivity contribution >= 4 is 29.1 Å². The Bertz CT molecular complexity index is 1010. The summed E-state index contributed by atoms with van der Waals surface area (Å²) in [7, 11) is 0. The third kappa shape index (κ3) is 3.81. The van der Waals surface area contributed by atoms with Gasteiger partial charge in [0.15, 0.2) is 0 Å². The molecular formula is C25H27ClN2O4. The lowest BCUT2D eigenvalue weighted by molar-refractivity contribution is -0.144. The molecule has 0 aliphatic carbocycles. The number of rotatable bonds is 3. The fourth-order valence-electron chi connectivity index (χ4n) is 5.26. The Morgan fingerprint density at radius 3 is 2.50 bits per heavy atom. The van der Waals surface area contributed by atoms with E-state index in [2.05, 4.69) is 0 Å². The number of anilines is 1. The van der Waals surface area contributed by atoms with E-state index in [0.29, 0.717) is 57.1 Å². The highest BCUT2D eigenvalue weighted by Crippen LogP contribution is 2.40. The summed E-state index contributed by atoms with van der Waals surface area (Å²) in [5.41, 5.74) is 0.687. The molecule has 168 valence electrons. The standard InChI is InChI=1S/C25H27ClN2O4/c26-20-7-4-8-21(15-20)28-18-24(32-16-22(28)29)9-12-27(17-24)23(30)25(10-13-31-14-11-25)19-5-2-1-3-6-19/h1-8,15H,9-14,16-18H2/t24-/m0/s1. The second kappa shape index (κ2) is 8.50. The first kappa shape index (κ1) is 21.4. The van der Waals surface area contributed by atoms with Crippen molar-refractivity contribution in [3.05, 3.63) is 65.2 Å². The SMILES string of the molecule is O=C1CO[C@]2(CCN(C(=O)C3(c4ccccc4)CCOCC3)C2)CN1c1cccc(Cl)c1. The zero-order chi connectivity index (χ0) is 22.2. The summed E-state index contributed by atoms with van der Waals surface area (Å²) in [5, 5.41) is 0.586. The Balaban J connectivity index is 1.38. The fraction of sp³-hybridized carbons (Fsp3) is 0.440. The van der Waals surface area contributed by atoms with Gasteiger partial charge in [-0.3, -0.25) is 9.59 Å². The van der Waals surface area contributed by atoms with Crippen LogP contribution in [0.2, 0.25) is 5.02 Å². The van der Waals surface area contributed by atoms with E-state index < -0.39 is 11.0 Å². The number of carbonyl (C=O) groups excluding carboxylic acids is 2. The van der Waals surface area contributed by atoms with E-state index in [1.54, 1.807) is 17.0 Å². The van der Waals surface area contributed by atoms with Crippen LogP contribution in [0.15, 0.2) is 54.6 Å². The summed E-state index contributed by atoms with van der Waals surface area (Å²) in [6.45, 7) is 2.67. The maximum Gasteiger partial charge on any atom is 0.253 e. The number of amides is 2. The molecule has 32 heavy (non-hydrogen) atoms. The van der Waals surface area contributed by atoms with Gasteiger partial charge in [-0.15, -0.1) is 0 Å². The molecule has 0 bridgehead atoms. The zero-order valence-corrected chi connectivity index (χ0v) is 18.7. The molecule has 6 nitrogen and oxygen atoms in total. The zero-order valence-electron chi connectivity index (χ0n) is 18.0. The van der Waals surface area contributed by atoms with Crippen LogP contribution in [0.4, 0.5) is 5.69 Å². The molecule has 2 aromatic carbocycles. The second-order valence-electron chi connectivity index (χ2n) is 8.97. The minimum absolute atomic E-state index is 0.00616. The van der Waals surface area contributed by atoms with Gasteiger partial charge in [-0.2, -0.15) is 0 Å². The number of nitrogens with zero attached hydrogens (tertiary/aromatic N) is 2. The van der Waals surface area contributed by atoms with Gasteiger partial charge >= 0.3 is 0 Å². The third-order valence-electron chi connectivity index (χ3n) is 7.05. The van der Waals surface area contributed by atoms with Crippen LogP contribution in [-0.4, -0.2) is 61.8 Å². The van der Waals surface area contributed by atoms with E-state index in [9.17, 15) is 9.59 Å². The Morgan fingerprint density at radius 1 is 0.969 bits per heavy atom. The summed E-state index contributed by atoms with van der Waals surface area (Å²) in [5.74, 6) is 0.0477. The molecule has 2 aromatic rings. The average Bonchev–Trinajstić information content (AvgIpc) is 3.25. The molecule has 0 radical (unpaired) electrons. The molecule has 3 fully saturated rings. The van der Waals surface area contributed by atoms with Crippen molar-refractivity contribution in [2.45, 2.75) is 30.3 Å². The number of carbonyl (C=O) groups is 2. The molecule has 5 rings (SSSR count). The first-order chi connectivity index (χ1) is 15.5. The fourth-order valence-corrected chi connectivity index (χ4v) is 5.45. The molecular weight excluding hydrogens is 428 g/mol. The molecule has 7 heteroatoms. The Morgan fingerprint density at radius 2 is 1.75 bits per heavy atom. The molecule has 3 aliphatic rings. The van der Waals surface area contributed by atoms with Crippen LogP contribution in [-0.2, 0) is 24.5 Å². The number of hydrogen-bond donors (Lipinski definition) is 0. The van der Waals surface area contributed by atoms with Gasteiger partial charge in [-0.25, -0.2) is 0 Å². The lowest BCUT2D eigenvalue weighted by Crippen LogP contribution is -2.57. The predicted molar refractivity (Wildman–Crippen MR) is 122 cm³/mol. The molecule has 3 aliphatic heterocycles. The summed E-state index contributed by atoms with van der Waals surface area (Å²) in [4.78, 5) is 30.2. The highest BCUT2D eigenvalue weighted by Gasteiger charge is 2.51. The lowest BCUT2D eigenvalue weighted by atomic mass is 9.73. The van der Waals surface area contributed by atoms with Gasteiger partial charge in [0.25, 0.3) is 5.91 Å². The largest absolute Gasteiger partial charge is 0.381 e. The van der Waals surface area contributed by atoms with Crippen molar-refractivity contribution in [1.29, 1.82) is 0 Å². The van der Waals surface area contributed by atoms with E-state index >= 15 is 0 Å². The predicted octanol–water partition coefficient (Wildman–Crippen LogP) is 3.42. The Kier molecular flexibility index (Phi) is 5.70. The van der Waals surface area contributed by atoms with Gasteiger partial charge in [0, 0.05) is 30.5 Å². The van der Waals surface area contributed by atoms with Crippen LogP contribution < -0.4 is 4.90 Å². The summed E-state index contributed by atoms with van der Waals surface area (Å²) >= 11 is 6.15.